The van der Waals surface area contributed by atoms with Gasteiger partial charge in [-0.3, -0.25) is 9.59 Å². The summed E-state index contributed by atoms with van der Waals surface area (Å²) in [5.41, 5.74) is 1.48. The number of nitrogens with one attached hydrogen (secondary N) is 3. The second kappa shape index (κ2) is 10.5. The van der Waals surface area contributed by atoms with Crippen molar-refractivity contribution in [2.75, 3.05) is 24.3 Å². The number of methoxy groups -OCH3 is 1. The highest BCUT2D eigenvalue weighted by molar-refractivity contribution is 6.02. The van der Waals surface area contributed by atoms with Crippen LogP contribution in [0, 0.1) is 0 Å². The topological polar surface area (TPSA) is 123 Å². The molecule has 0 aliphatic heterocycles. The van der Waals surface area contributed by atoms with Crippen LogP contribution in [0.5, 0.6) is 0 Å². The van der Waals surface area contributed by atoms with Gasteiger partial charge < -0.3 is 25.4 Å². The Bertz CT molecular complexity index is 898. The maximum absolute atomic E-state index is 12.2. The SMILES string of the molecule is COC(=O)c1ccc(NC(C)=O)c(NC(=O)CNC(=O)OCc2ccccc2)c1. The third-order valence-corrected chi connectivity index (χ3v) is 3.63. The van der Waals surface area contributed by atoms with Crippen LogP contribution in [0.2, 0.25) is 0 Å². The van der Waals surface area contributed by atoms with Crippen molar-refractivity contribution >= 4 is 35.3 Å². The Morgan fingerprint density at radius 3 is 2.31 bits per heavy atom. The summed E-state index contributed by atoms with van der Waals surface area (Å²) in [6.45, 7) is 1.02. The summed E-state index contributed by atoms with van der Waals surface area (Å²) in [4.78, 5) is 46.9. The van der Waals surface area contributed by atoms with Crippen LogP contribution in [0.3, 0.4) is 0 Å². The van der Waals surface area contributed by atoms with Crippen molar-refractivity contribution in [3.63, 3.8) is 0 Å². The van der Waals surface area contributed by atoms with Gasteiger partial charge in [-0.25, -0.2) is 9.59 Å². The first kappa shape index (κ1) is 21.4. The normalized spacial score (nSPS) is 9.86. The van der Waals surface area contributed by atoms with Gasteiger partial charge in [-0.2, -0.15) is 0 Å². The van der Waals surface area contributed by atoms with Gasteiger partial charge in [0.05, 0.1) is 24.0 Å². The van der Waals surface area contributed by atoms with E-state index < -0.39 is 18.0 Å². The van der Waals surface area contributed by atoms with Gasteiger partial charge in [0.25, 0.3) is 0 Å². The maximum Gasteiger partial charge on any atom is 0.407 e. The molecule has 9 heteroatoms. The fourth-order valence-electron chi connectivity index (χ4n) is 2.31. The number of esters is 1. The molecule has 0 aliphatic carbocycles. The summed E-state index contributed by atoms with van der Waals surface area (Å²) in [7, 11) is 1.23. The molecule has 0 aliphatic rings. The molecule has 0 radical (unpaired) electrons. The van der Waals surface area contributed by atoms with Crippen molar-refractivity contribution in [2.45, 2.75) is 13.5 Å². The number of carbonyl (C=O) groups is 4. The van der Waals surface area contributed by atoms with Gasteiger partial charge in [0.15, 0.2) is 0 Å². The van der Waals surface area contributed by atoms with Crippen LogP contribution in [0.15, 0.2) is 48.5 Å². The average Bonchev–Trinajstić information content (AvgIpc) is 2.71. The van der Waals surface area contributed by atoms with E-state index in [1.165, 1.54) is 32.2 Å². The molecule has 0 saturated heterocycles. The van der Waals surface area contributed by atoms with E-state index in [2.05, 4.69) is 20.7 Å². The standard InChI is InChI=1S/C20H21N3O6/c1-13(24)22-16-9-8-15(19(26)28-2)10-17(16)23-18(25)11-21-20(27)29-12-14-6-4-3-5-7-14/h3-10H,11-12H2,1-2H3,(H,21,27)(H,22,24)(H,23,25). The van der Waals surface area contributed by atoms with Gasteiger partial charge in [0, 0.05) is 6.92 Å². The summed E-state index contributed by atoms with van der Waals surface area (Å²) >= 11 is 0. The lowest BCUT2D eigenvalue weighted by Crippen LogP contribution is -2.33. The van der Waals surface area contributed by atoms with Crippen molar-refractivity contribution in [1.29, 1.82) is 0 Å². The minimum atomic E-state index is -0.755. The minimum Gasteiger partial charge on any atom is -0.465 e. The molecule has 0 saturated carbocycles. The highest BCUT2D eigenvalue weighted by Gasteiger charge is 2.14. The smallest absolute Gasteiger partial charge is 0.407 e. The van der Waals surface area contributed by atoms with E-state index in [4.69, 9.17) is 4.74 Å². The molecule has 2 aromatic carbocycles. The highest BCUT2D eigenvalue weighted by atomic mass is 16.5. The van der Waals surface area contributed by atoms with E-state index >= 15 is 0 Å². The molecule has 0 unspecified atom stereocenters. The second-order valence-electron chi connectivity index (χ2n) is 5.90. The highest BCUT2D eigenvalue weighted by Crippen LogP contribution is 2.24. The molecular formula is C20H21N3O6. The van der Waals surface area contributed by atoms with E-state index in [9.17, 15) is 19.2 Å². The van der Waals surface area contributed by atoms with Gasteiger partial charge in [-0.1, -0.05) is 30.3 Å². The molecule has 0 aromatic heterocycles. The second-order valence-corrected chi connectivity index (χ2v) is 5.90. The summed E-state index contributed by atoms with van der Waals surface area (Å²) < 4.78 is 9.67. The van der Waals surface area contributed by atoms with Gasteiger partial charge >= 0.3 is 12.1 Å². The number of carbonyl (C=O) groups excluding carboxylic acids is 4. The molecular weight excluding hydrogens is 378 g/mol. The zero-order chi connectivity index (χ0) is 21.2. The zero-order valence-corrected chi connectivity index (χ0v) is 16.0. The predicted molar refractivity (Wildman–Crippen MR) is 105 cm³/mol. The molecule has 3 amide bonds. The number of ether oxygens (including phenoxy) is 2. The molecule has 0 spiro atoms. The molecule has 2 aromatic rings. The molecule has 0 fully saturated rings. The lowest BCUT2D eigenvalue weighted by atomic mass is 10.1. The third kappa shape index (κ3) is 6.98. The van der Waals surface area contributed by atoms with E-state index in [1.807, 2.05) is 18.2 Å². The number of alkyl carbamates (subject to hydrolysis) is 1. The van der Waals surface area contributed by atoms with E-state index in [0.717, 1.165) is 5.56 Å². The first-order chi connectivity index (χ1) is 13.9. The Morgan fingerprint density at radius 2 is 1.66 bits per heavy atom. The number of anilines is 2. The molecule has 2 rings (SSSR count). The molecule has 29 heavy (non-hydrogen) atoms. The van der Waals surface area contributed by atoms with Gasteiger partial charge in [-0.15, -0.1) is 0 Å². The lowest BCUT2D eigenvalue weighted by molar-refractivity contribution is -0.115. The monoisotopic (exact) mass is 399 g/mol. The summed E-state index contributed by atoms with van der Waals surface area (Å²) in [6.07, 6.45) is -0.755. The number of rotatable bonds is 7. The van der Waals surface area contributed by atoms with Crippen LogP contribution in [0.1, 0.15) is 22.8 Å². The Labute approximate surface area is 167 Å². The fraction of sp³-hybridized carbons (Fsp3) is 0.200. The Hall–Kier alpha value is -3.88. The van der Waals surface area contributed by atoms with Crippen molar-refractivity contribution in [1.82, 2.24) is 5.32 Å². The van der Waals surface area contributed by atoms with Crippen LogP contribution in [-0.4, -0.2) is 37.5 Å². The summed E-state index contributed by atoms with van der Waals surface area (Å²) in [5, 5.41) is 7.41. The van der Waals surface area contributed by atoms with Crippen molar-refractivity contribution < 1.29 is 28.7 Å². The minimum absolute atomic E-state index is 0.0716. The first-order valence-electron chi connectivity index (χ1n) is 8.63. The average molecular weight is 399 g/mol. The van der Waals surface area contributed by atoms with Gasteiger partial charge in [-0.05, 0) is 23.8 Å². The first-order valence-corrected chi connectivity index (χ1v) is 8.63. The van der Waals surface area contributed by atoms with Crippen molar-refractivity contribution in [3.05, 3.63) is 59.7 Å². The molecule has 9 nitrogen and oxygen atoms in total. The number of hydrogen-bond acceptors (Lipinski definition) is 6. The largest absolute Gasteiger partial charge is 0.465 e. The lowest BCUT2D eigenvalue weighted by Gasteiger charge is -2.13. The van der Waals surface area contributed by atoms with Crippen LogP contribution in [-0.2, 0) is 25.7 Å². The van der Waals surface area contributed by atoms with Crippen LogP contribution in [0.4, 0.5) is 16.2 Å². The molecule has 0 heterocycles. The quantitative estimate of drug-likeness (QED) is 0.614. The number of benzene rings is 2. The van der Waals surface area contributed by atoms with Gasteiger partial charge in [0.2, 0.25) is 11.8 Å². The van der Waals surface area contributed by atoms with Crippen LogP contribution >= 0.6 is 0 Å². The van der Waals surface area contributed by atoms with Crippen LogP contribution < -0.4 is 16.0 Å². The molecule has 3 N–H and O–H groups in total. The number of amides is 3. The molecule has 0 atom stereocenters. The van der Waals surface area contributed by atoms with Crippen molar-refractivity contribution in [2.24, 2.45) is 0 Å². The van der Waals surface area contributed by atoms with E-state index in [0.29, 0.717) is 5.69 Å². The summed E-state index contributed by atoms with van der Waals surface area (Å²) in [5.74, 6) is -1.53. The fourth-order valence-corrected chi connectivity index (χ4v) is 2.31. The predicted octanol–water partition coefficient (Wildman–Crippen LogP) is 2.30. The van der Waals surface area contributed by atoms with E-state index in [-0.39, 0.29) is 30.3 Å². The van der Waals surface area contributed by atoms with E-state index in [1.54, 1.807) is 12.1 Å². The Morgan fingerprint density at radius 1 is 0.931 bits per heavy atom. The maximum atomic E-state index is 12.2. The van der Waals surface area contributed by atoms with Gasteiger partial charge in [0.1, 0.15) is 13.2 Å². The Kier molecular flexibility index (Phi) is 7.72. The van der Waals surface area contributed by atoms with Crippen molar-refractivity contribution in [3.8, 4) is 0 Å². The summed E-state index contributed by atoms with van der Waals surface area (Å²) in [6, 6.07) is 13.4. The third-order valence-electron chi connectivity index (χ3n) is 3.63. The Balaban J connectivity index is 1.94. The van der Waals surface area contributed by atoms with Crippen LogP contribution in [0.25, 0.3) is 0 Å². The zero-order valence-electron chi connectivity index (χ0n) is 16.0. The number of hydrogen-bond donors (Lipinski definition) is 3. The molecule has 0 bridgehead atoms. The molecule has 152 valence electrons.